The van der Waals surface area contributed by atoms with Crippen LogP contribution in [-0.2, 0) is 24.3 Å². The summed E-state index contributed by atoms with van der Waals surface area (Å²) in [6.45, 7) is 13.9. The second-order valence-electron chi connectivity index (χ2n) is 8.87. The van der Waals surface area contributed by atoms with Gasteiger partial charge in [-0.05, 0) is 63.0 Å². The van der Waals surface area contributed by atoms with E-state index in [0.717, 1.165) is 39.0 Å². The molecule has 2 aliphatic heterocycles. The van der Waals surface area contributed by atoms with E-state index in [0.29, 0.717) is 54.1 Å². The Hall–Kier alpha value is -1.72. The Labute approximate surface area is 211 Å². The number of carbonyl (C=O) groups excluding carboxylic acids is 1. The van der Waals surface area contributed by atoms with Crippen molar-refractivity contribution in [1.82, 2.24) is 14.1 Å². The number of ether oxygens (including phenoxy) is 3. The molecule has 1 aromatic rings. The Morgan fingerprint density at radius 2 is 1.57 bits per heavy atom. The van der Waals surface area contributed by atoms with Crippen LogP contribution in [0.3, 0.4) is 0 Å². The Balaban J connectivity index is 0.000000251. The number of morpholine rings is 1. The number of hydrogen-bond acceptors (Lipinski definition) is 7. The standard InChI is InChI=1S/C13H19NO4S.C12H24N2O2/c1-10-8-12(17-3)9-11(2)13(10)19(15,16)14-4-6-18-7-5-14;1-4-13(5-2)11-6-8-14(9-7-11)12(15)10-16-3/h8-9H,4-7H2,1-3H3;11H,4-10H2,1-3H3. The molecule has 1 amide bonds. The van der Waals surface area contributed by atoms with Crippen molar-refractivity contribution in [3.8, 4) is 5.75 Å². The monoisotopic (exact) mass is 513 g/mol. The zero-order chi connectivity index (χ0) is 26.0. The summed E-state index contributed by atoms with van der Waals surface area (Å²) in [5.41, 5.74) is 1.42. The van der Waals surface area contributed by atoms with Crippen LogP contribution in [0, 0.1) is 13.8 Å². The molecule has 2 saturated heterocycles. The first-order valence-corrected chi connectivity index (χ1v) is 13.9. The van der Waals surface area contributed by atoms with Gasteiger partial charge in [0.25, 0.3) is 0 Å². The molecule has 0 aromatic heterocycles. The Morgan fingerprint density at radius 1 is 1.03 bits per heavy atom. The van der Waals surface area contributed by atoms with Gasteiger partial charge in [-0.25, -0.2) is 8.42 Å². The lowest BCUT2D eigenvalue weighted by molar-refractivity contribution is -0.136. The molecule has 0 unspecified atom stereocenters. The zero-order valence-corrected chi connectivity index (χ0v) is 23.0. The molecule has 10 heteroatoms. The first-order valence-electron chi connectivity index (χ1n) is 12.4. The van der Waals surface area contributed by atoms with E-state index in [1.54, 1.807) is 40.2 Å². The molecule has 2 fully saturated rings. The van der Waals surface area contributed by atoms with Crippen LogP contribution in [0.4, 0.5) is 0 Å². The summed E-state index contributed by atoms with van der Waals surface area (Å²) in [4.78, 5) is 16.4. The van der Waals surface area contributed by atoms with Gasteiger partial charge in [-0.3, -0.25) is 4.79 Å². The summed E-state index contributed by atoms with van der Waals surface area (Å²) in [5, 5.41) is 0. The van der Waals surface area contributed by atoms with Gasteiger partial charge in [-0.2, -0.15) is 4.31 Å². The number of hydrogen-bond donors (Lipinski definition) is 0. The van der Waals surface area contributed by atoms with E-state index < -0.39 is 10.0 Å². The molecule has 2 heterocycles. The van der Waals surface area contributed by atoms with Gasteiger partial charge >= 0.3 is 0 Å². The largest absolute Gasteiger partial charge is 0.497 e. The number of rotatable bonds is 8. The molecule has 35 heavy (non-hydrogen) atoms. The van der Waals surface area contributed by atoms with E-state index in [9.17, 15) is 13.2 Å². The van der Waals surface area contributed by atoms with Gasteiger partial charge in [0.15, 0.2) is 0 Å². The topological polar surface area (TPSA) is 88.6 Å². The van der Waals surface area contributed by atoms with Gasteiger partial charge in [0.2, 0.25) is 15.9 Å². The van der Waals surface area contributed by atoms with E-state index in [-0.39, 0.29) is 12.5 Å². The number of aryl methyl sites for hydroxylation is 2. The minimum absolute atomic E-state index is 0.125. The summed E-state index contributed by atoms with van der Waals surface area (Å²) in [7, 11) is -0.307. The first kappa shape index (κ1) is 29.5. The van der Waals surface area contributed by atoms with E-state index in [1.807, 2.05) is 4.90 Å². The molecule has 2 aliphatic rings. The van der Waals surface area contributed by atoms with Crippen molar-refractivity contribution in [3.63, 3.8) is 0 Å². The number of methoxy groups -OCH3 is 2. The van der Waals surface area contributed by atoms with Gasteiger partial charge < -0.3 is 24.0 Å². The highest BCUT2D eigenvalue weighted by molar-refractivity contribution is 7.89. The lowest BCUT2D eigenvalue weighted by Crippen LogP contribution is -2.47. The zero-order valence-electron chi connectivity index (χ0n) is 22.2. The van der Waals surface area contributed by atoms with Crippen LogP contribution in [0.1, 0.15) is 37.8 Å². The van der Waals surface area contributed by atoms with Crippen LogP contribution < -0.4 is 4.74 Å². The van der Waals surface area contributed by atoms with Crippen molar-refractivity contribution in [2.75, 3.05) is 73.3 Å². The van der Waals surface area contributed by atoms with Gasteiger partial charge in [-0.15, -0.1) is 0 Å². The number of amides is 1. The SMILES string of the molecule is CCN(CC)C1CCN(C(=O)COC)CC1.COc1cc(C)c(S(=O)(=O)N2CCOCC2)c(C)c1. The lowest BCUT2D eigenvalue weighted by Gasteiger charge is -2.37. The maximum atomic E-state index is 12.7. The molecule has 0 bridgehead atoms. The predicted molar refractivity (Wildman–Crippen MR) is 136 cm³/mol. The van der Waals surface area contributed by atoms with Crippen molar-refractivity contribution in [2.24, 2.45) is 0 Å². The van der Waals surface area contributed by atoms with E-state index in [1.165, 1.54) is 4.31 Å². The molecule has 1 aromatic carbocycles. The predicted octanol–water partition coefficient (Wildman–Crippen LogP) is 2.30. The smallest absolute Gasteiger partial charge is 0.248 e. The van der Waals surface area contributed by atoms with Crippen molar-refractivity contribution in [2.45, 2.75) is 51.5 Å². The number of sulfonamides is 1. The van der Waals surface area contributed by atoms with E-state index >= 15 is 0 Å². The van der Waals surface area contributed by atoms with Crippen molar-refractivity contribution in [1.29, 1.82) is 0 Å². The molecule has 0 atom stereocenters. The van der Waals surface area contributed by atoms with Crippen LogP contribution in [0.2, 0.25) is 0 Å². The van der Waals surface area contributed by atoms with Crippen LogP contribution >= 0.6 is 0 Å². The van der Waals surface area contributed by atoms with Gasteiger partial charge in [-0.1, -0.05) is 13.8 Å². The van der Waals surface area contributed by atoms with Crippen molar-refractivity contribution < 1.29 is 27.4 Å². The van der Waals surface area contributed by atoms with Crippen LogP contribution in [0.15, 0.2) is 17.0 Å². The van der Waals surface area contributed by atoms with Gasteiger partial charge in [0, 0.05) is 39.3 Å². The summed E-state index contributed by atoms with van der Waals surface area (Å²) in [6.07, 6.45) is 2.19. The molecule has 9 nitrogen and oxygen atoms in total. The number of nitrogens with zero attached hydrogens (tertiary/aromatic N) is 3. The summed E-state index contributed by atoms with van der Waals surface area (Å²) < 4.78 is 42.0. The number of benzene rings is 1. The number of carbonyl (C=O) groups is 1. The highest BCUT2D eigenvalue weighted by atomic mass is 32.2. The van der Waals surface area contributed by atoms with Gasteiger partial charge in [0.1, 0.15) is 12.4 Å². The second-order valence-corrected chi connectivity index (χ2v) is 10.7. The third-order valence-electron chi connectivity index (χ3n) is 6.65. The maximum Gasteiger partial charge on any atom is 0.248 e. The highest BCUT2D eigenvalue weighted by Gasteiger charge is 2.29. The normalized spacial score (nSPS) is 17.7. The number of likely N-dealkylation sites (tertiary alicyclic amines) is 1. The van der Waals surface area contributed by atoms with Crippen molar-refractivity contribution in [3.05, 3.63) is 23.3 Å². The fourth-order valence-electron chi connectivity index (χ4n) is 4.79. The maximum absolute atomic E-state index is 12.7. The average molecular weight is 514 g/mol. The third-order valence-corrected chi connectivity index (χ3v) is 8.86. The van der Waals surface area contributed by atoms with E-state index in [2.05, 4.69) is 18.7 Å². The molecular weight excluding hydrogens is 470 g/mol. The fraction of sp³-hybridized carbons (Fsp3) is 0.720. The van der Waals surface area contributed by atoms with E-state index in [4.69, 9.17) is 14.2 Å². The molecule has 0 N–H and O–H groups in total. The Kier molecular flexibility index (Phi) is 11.9. The van der Waals surface area contributed by atoms with Crippen molar-refractivity contribution >= 4 is 15.9 Å². The first-order chi connectivity index (χ1) is 16.7. The second kappa shape index (κ2) is 14.1. The minimum Gasteiger partial charge on any atom is -0.497 e. The third kappa shape index (κ3) is 7.88. The van der Waals surface area contributed by atoms with Crippen LogP contribution in [0.5, 0.6) is 5.75 Å². The lowest BCUT2D eigenvalue weighted by atomic mass is 10.0. The quantitative estimate of drug-likeness (QED) is 0.527. The minimum atomic E-state index is -3.45. The molecule has 0 spiro atoms. The molecule has 0 aliphatic carbocycles. The Morgan fingerprint density at radius 3 is 2.03 bits per heavy atom. The summed E-state index contributed by atoms with van der Waals surface area (Å²) >= 11 is 0. The molecule has 0 radical (unpaired) electrons. The average Bonchev–Trinajstić information content (AvgIpc) is 2.85. The van der Waals surface area contributed by atoms with Gasteiger partial charge in [0.05, 0.1) is 25.2 Å². The van der Waals surface area contributed by atoms with Crippen LogP contribution in [0.25, 0.3) is 0 Å². The fourth-order valence-corrected chi connectivity index (χ4v) is 6.61. The molecule has 200 valence electrons. The molecule has 3 rings (SSSR count). The van der Waals surface area contributed by atoms with Crippen LogP contribution in [-0.4, -0.2) is 108 Å². The Bertz CT molecular complexity index is 883. The molecule has 0 saturated carbocycles. The molecular formula is C25H43N3O6S. The summed E-state index contributed by atoms with van der Waals surface area (Å²) in [6, 6.07) is 4.15. The summed E-state index contributed by atoms with van der Waals surface area (Å²) in [5.74, 6) is 0.802. The highest BCUT2D eigenvalue weighted by Crippen LogP contribution is 2.28. The number of piperidine rings is 1.